The number of fused-ring (bicyclic) bond motifs is 1. The van der Waals surface area contributed by atoms with Crippen LogP contribution in [0, 0.1) is 5.82 Å². The lowest BCUT2D eigenvalue weighted by Gasteiger charge is -2.12. The largest absolute Gasteiger partial charge is 0.348 e. The summed E-state index contributed by atoms with van der Waals surface area (Å²) in [5.74, 6) is -0.819. The van der Waals surface area contributed by atoms with Crippen molar-refractivity contribution >= 4 is 16.9 Å². The second-order valence-electron chi connectivity index (χ2n) is 5.49. The van der Waals surface area contributed by atoms with Gasteiger partial charge in [0.2, 0.25) is 0 Å². The van der Waals surface area contributed by atoms with Crippen molar-refractivity contribution in [2.45, 2.75) is 6.54 Å². The molecule has 25 heavy (non-hydrogen) atoms. The van der Waals surface area contributed by atoms with Crippen molar-refractivity contribution in [2.75, 3.05) is 6.54 Å². The van der Waals surface area contributed by atoms with Crippen LogP contribution in [-0.4, -0.2) is 22.0 Å². The van der Waals surface area contributed by atoms with E-state index in [2.05, 4.69) is 16.9 Å². The molecular weight excluding hydrogens is 321 g/mol. The number of benzene rings is 1. The molecule has 1 N–H and O–H groups in total. The first-order valence-electron chi connectivity index (χ1n) is 7.72. The predicted molar refractivity (Wildman–Crippen MR) is 94.0 cm³/mol. The van der Waals surface area contributed by atoms with Crippen molar-refractivity contribution < 1.29 is 9.18 Å². The molecule has 0 saturated carbocycles. The molecular formula is C19H16FN3O2. The van der Waals surface area contributed by atoms with E-state index >= 15 is 0 Å². The Morgan fingerprint density at radius 1 is 1.28 bits per heavy atom. The number of amides is 1. The van der Waals surface area contributed by atoms with E-state index in [4.69, 9.17) is 0 Å². The molecule has 1 aromatic carbocycles. The quantitative estimate of drug-likeness (QED) is 0.728. The predicted octanol–water partition coefficient (Wildman–Crippen LogP) is 2.50. The summed E-state index contributed by atoms with van der Waals surface area (Å²) in [6, 6.07) is 10.9. The van der Waals surface area contributed by atoms with Gasteiger partial charge in [0.1, 0.15) is 17.0 Å². The third-order valence-corrected chi connectivity index (χ3v) is 3.75. The van der Waals surface area contributed by atoms with Gasteiger partial charge in [-0.05, 0) is 35.9 Å². The highest BCUT2D eigenvalue weighted by molar-refractivity contribution is 5.96. The molecule has 0 aliphatic rings. The Labute approximate surface area is 143 Å². The van der Waals surface area contributed by atoms with Crippen molar-refractivity contribution in [1.82, 2.24) is 14.9 Å². The zero-order valence-electron chi connectivity index (χ0n) is 13.4. The van der Waals surface area contributed by atoms with Gasteiger partial charge in [-0.1, -0.05) is 18.2 Å². The molecule has 5 nitrogen and oxygen atoms in total. The van der Waals surface area contributed by atoms with Crippen molar-refractivity contribution in [3.8, 4) is 0 Å². The number of pyridine rings is 2. The molecule has 126 valence electrons. The smallest absolute Gasteiger partial charge is 0.265 e. The Hall–Kier alpha value is -3.28. The zero-order valence-corrected chi connectivity index (χ0v) is 13.4. The van der Waals surface area contributed by atoms with Gasteiger partial charge in [0, 0.05) is 18.1 Å². The number of carbonyl (C=O) groups is 1. The maximum atomic E-state index is 13.1. The standard InChI is InChI=1S/C19H16FN3O2/c1-2-9-22-18(24)16-11-14-4-3-10-21-17(14)23(19(16)25)12-13-5-7-15(20)8-6-13/h2-8,10-11H,1,9,12H2,(H,22,24). The van der Waals surface area contributed by atoms with Crippen LogP contribution in [0.1, 0.15) is 15.9 Å². The average Bonchev–Trinajstić information content (AvgIpc) is 2.63. The fourth-order valence-electron chi connectivity index (χ4n) is 2.55. The van der Waals surface area contributed by atoms with Gasteiger partial charge in [0.15, 0.2) is 0 Å². The number of hydrogen-bond donors (Lipinski definition) is 1. The summed E-state index contributed by atoms with van der Waals surface area (Å²) >= 11 is 0. The Bertz CT molecular complexity index is 994. The van der Waals surface area contributed by atoms with E-state index in [9.17, 15) is 14.0 Å². The summed E-state index contributed by atoms with van der Waals surface area (Å²) in [5, 5.41) is 3.29. The molecule has 0 aliphatic heterocycles. The normalized spacial score (nSPS) is 10.6. The Kier molecular flexibility index (Phi) is 4.70. The van der Waals surface area contributed by atoms with E-state index in [0.29, 0.717) is 11.0 Å². The summed E-state index contributed by atoms with van der Waals surface area (Å²) in [5.41, 5.74) is 0.790. The van der Waals surface area contributed by atoms with E-state index in [-0.39, 0.29) is 24.5 Å². The van der Waals surface area contributed by atoms with E-state index in [1.54, 1.807) is 30.5 Å². The molecule has 2 aromatic heterocycles. The monoisotopic (exact) mass is 337 g/mol. The molecule has 0 spiro atoms. The number of carbonyl (C=O) groups excluding carboxylic acids is 1. The Balaban J connectivity index is 2.13. The molecule has 0 saturated heterocycles. The van der Waals surface area contributed by atoms with Gasteiger partial charge >= 0.3 is 0 Å². The molecule has 6 heteroatoms. The van der Waals surface area contributed by atoms with Gasteiger partial charge in [0.05, 0.1) is 6.54 Å². The van der Waals surface area contributed by atoms with Crippen LogP contribution in [0.4, 0.5) is 4.39 Å². The van der Waals surface area contributed by atoms with Crippen LogP contribution in [0.2, 0.25) is 0 Å². The third-order valence-electron chi connectivity index (χ3n) is 3.75. The molecule has 0 radical (unpaired) electrons. The summed E-state index contributed by atoms with van der Waals surface area (Å²) in [6.07, 6.45) is 3.12. The van der Waals surface area contributed by atoms with Gasteiger partial charge < -0.3 is 5.32 Å². The summed E-state index contributed by atoms with van der Waals surface area (Å²) in [6.45, 7) is 4.00. The van der Waals surface area contributed by atoms with Crippen molar-refractivity contribution in [1.29, 1.82) is 0 Å². The van der Waals surface area contributed by atoms with Crippen LogP contribution in [0.5, 0.6) is 0 Å². The number of nitrogens with zero attached hydrogens (tertiary/aromatic N) is 2. The number of rotatable bonds is 5. The lowest BCUT2D eigenvalue weighted by molar-refractivity contribution is 0.0956. The maximum Gasteiger partial charge on any atom is 0.265 e. The first-order valence-corrected chi connectivity index (χ1v) is 7.72. The fraction of sp³-hybridized carbons (Fsp3) is 0.105. The lowest BCUT2D eigenvalue weighted by atomic mass is 10.1. The topological polar surface area (TPSA) is 64.0 Å². The molecule has 0 atom stereocenters. The minimum atomic E-state index is -0.469. The SMILES string of the molecule is C=CCNC(=O)c1cc2cccnc2n(Cc2ccc(F)cc2)c1=O. The average molecular weight is 337 g/mol. The number of halogens is 1. The van der Waals surface area contributed by atoms with E-state index in [1.165, 1.54) is 28.8 Å². The third kappa shape index (κ3) is 3.47. The number of hydrogen-bond acceptors (Lipinski definition) is 3. The zero-order chi connectivity index (χ0) is 17.8. The number of nitrogens with one attached hydrogen (secondary N) is 1. The molecule has 0 aliphatic carbocycles. The van der Waals surface area contributed by atoms with E-state index in [0.717, 1.165) is 5.56 Å². The van der Waals surface area contributed by atoms with Crippen LogP contribution >= 0.6 is 0 Å². The Morgan fingerprint density at radius 3 is 2.76 bits per heavy atom. The molecule has 3 aromatic rings. The van der Waals surface area contributed by atoms with Gasteiger partial charge in [-0.2, -0.15) is 0 Å². The van der Waals surface area contributed by atoms with Crippen LogP contribution in [0.3, 0.4) is 0 Å². The van der Waals surface area contributed by atoms with Crippen LogP contribution in [-0.2, 0) is 6.54 Å². The molecule has 1 amide bonds. The first kappa shape index (κ1) is 16.6. The minimum absolute atomic E-state index is 0.0319. The van der Waals surface area contributed by atoms with Gasteiger partial charge in [-0.15, -0.1) is 6.58 Å². The van der Waals surface area contributed by atoms with E-state index in [1.807, 2.05) is 0 Å². The first-order chi connectivity index (χ1) is 12.1. The van der Waals surface area contributed by atoms with E-state index < -0.39 is 11.5 Å². The summed E-state index contributed by atoms with van der Waals surface area (Å²) < 4.78 is 14.5. The lowest BCUT2D eigenvalue weighted by Crippen LogP contribution is -2.33. The van der Waals surface area contributed by atoms with Crippen molar-refractivity contribution in [3.63, 3.8) is 0 Å². The second kappa shape index (κ2) is 7.09. The molecule has 2 heterocycles. The minimum Gasteiger partial charge on any atom is -0.348 e. The molecule has 0 unspecified atom stereocenters. The highest BCUT2D eigenvalue weighted by atomic mass is 19.1. The van der Waals surface area contributed by atoms with Crippen molar-refractivity contribution in [3.05, 3.63) is 88.6 Å². The van der Waals surface area contributed by atoms with Gasteiger partial charge in [-0.25, -0.2) is 9.37 Å². The molecule has 3 rings (SSSR count). The summed E-state index contributed by atoms with van der Waals surface area (Å²) in [7, 11) is 0. The Morgan fingerprint density at radius 2 is 2.04 bits per heavy atom. The van der Waals surface area contributed by atoms with Gasteiger partial charge in [-0.3, -0.25) is 14.2 Å². The second-order valence-corrected chi connectivity index (χ2v) is 5.49. The van der Waals surface area contributed by atoms with Crippen LogP contribution < -0.4 is 10.9 Å². The highest BCUT2D eigenvalue weighted by Gasteiger charge is 2.16. The van der Waals surface area contributed by atoms with Crippen LogP contribution in [0.15, 0.2) is 66.1 Å². The molecule has 0 fully saturated rings. The fourth-order valence-corrected chi connectivity index (χ4v) is 2.55. The van der Waals surface area contributed by atoms with Gasteiger partial charge in [0.25, 0.3) is 11.5 Å². The number of aromatic nitrogens is 2. The van der Waals surface area contributed by atoms with Crippen LogP contribution in [0.25, 0.3) is 11.0 Å². The maximum absolute atomic E-state index is 13.1. The summed E-state index contributed by atoms with van der Waals surface area (Å²) in [4.78, 5) is 29.4. The highest BCUT2D eigenvalue weighted by Crippen LogP contribution is 2.13. The van der Waals surface area contributed by atoms with Crippen molar-refractivity contribution in [2.24, 2.45) is 0 Å². The molecule has 0 bridgehead atoms.